The van der Waals surface area contributed by atoms with Crippen LogP contribution in [0, 0.1) is 17.2 Å². The van der Waals surface area contributed by atoms with Gasteiger partial charge in [-0.3, -0.25) is 5.32 Å². The summed E-state index contributed by atoms with van der Waals surface area (Å²) in [5.74, 6) is 0.756. The number of nitrogens with zero attached hydrogens (tertiary/aromatic N) is 2. The highest BCUT2D eigenvalue weighted by Crippen LogP contribution is 2.13. The third-order valence-corrected chi connectivity index (χ3v) is 3.39. The third-order valence-electron chi connectivity index (χ3n) is 3.39. The summed E-state index contributed by atoms with van der Waals surface area (Å²) in [5.41, 5.74) is -0.384. The Morgan fingerprint density at radius 3 is 2.39 bits per heavy atom. The maximum absolute atomic E-state index is 9.26. The second-order valence-corrected chi connectivity index (χ2v) is 6.12. The molecular weight excluding hydrogens is 222 g/mol. The van der Waals surface area contributed by atoms with E-state index in [4.69, 9.17) is 0 Å². The van der Waals surface area contributed by atoms with Crippen molar-refractivity contribution in [3.8, 4) is 6.07 Å². The van der Waals surface area contributed by atoms with E-state index in [1.807, 2.05) is 6.92 Å². The fourth-order valence-corrected chi connectivity index (χ4v) is 2.25. The van der Waals surface area contributed by atoms with Crippen molar-refractivity contribution < 1.29 is 0 Å². The van der Waals surface area contributed by atoms with Crippen LogP contribution >= 0.6 is 0 Å². The number of hydrogen-bond acceptors (Lipinski definition) is 3. The van der Waals surface area contributed by atoms with Crippen LogP contribution in [0.2, 0.25) is 0 Å². The van der Waals surface area contributed by atoms with Crippen LogP contribution in [0.1, 0.15) is 53.9 Å². The first-order chi connectivity index (χ1) is 8.33. The van der Waals surface area contributed by atoms with Crippen molar-refractivity contribution in [3.05, 3.63) is 0 Å². The van der Waals surface area contributed by atoms with Gasteiger partial charge in [-0.05, 0) is 53.1 Å². The lowest BCUT2D eigenvalue weighted by Gasteiger charge is -2.27. The van der Waals surface area contributed by atoms with Gasteiger partial charge in [0.25, 0.3) is 0 Å². The molecule has 3 heteroatoms. The molecule has 0 aliphatic rings. The van der Waals surface area contributed by atoms with Gasteiger partial charge in [0.2, 0.25) is 0 Å². The highest BCUT2D eigenvalue weighted by Gasteiger charge is 2.23. The Hall–Kier alpha value is -0.590. The summed E-state index contributed by atoms with van der Waals surface area (Å²) in [6, 6.07) is 2.76. The van der Waals surface area contributed by atoms with Crippen molar-refractivity contribution in [3.63, 3.8) is 0 Å². The molecule has 2 unspecified atom stereocenters. The van der Waals surface area contributed by atoms with Crippen molar-refractivity contribution in [1.29, 1.82) is 5.26 Å². The molecule has 0 aliphatic heterocycles. The number of nitriles is 1. The SMILES string of the molecule is CCC(C)CN(C)CCCC(C)(C#N)NC(C)C. The molecule has 0 amide bonds. The molecule has 0 fully saturated rings. The van der Waals surface area contributed by atoms with Gasteiger partial charge in [-0.2, -0.15) is 5.26 Å². The number of nitrogens with one attached hydrogen (secondary N) is 1. The molecule has 0 aromatic heterocycles. The topological polar surface area (TPSA) is 39.1 Å². The summed E-state index contributed by atoms with van der Waals surface area (Å²) in [5, 5.41) is 12.6. The molecule has 0 heterocycles. The molecule has 0 bridgehead atoms. The van der Waals surface area contributed by atoms with E-state index in [9.17, 15) is 5.26 Å². The van der Waals surface area contributed by atoms with Crippen molar-refractivity contribution >= 4 is 0 Å². The van der Waals surface area contributed by atoms with Crippen molar-refractivity contribution in [2.24, 2.45) is 5.92 Å². The Labute approximate surface area is 114 Å². The second-order valence-electron chi connectivity index (χ2n) is 6.12. The van der Waals surface area contributed by atoms with Crippen LogP contribution in [-0.4, -0.2) is 36.6 Å². The van der Waals surface area contributed by atoms with E-state index in [1.54, 1.807) is 0 Å². The molecule has 1 N–H and O–H groups in total. The van der Waals surface area contributed by atoms with E-state index >= 15 is 0 Å². The second kappa shape index (κ2) is 8.50. The summed E-state index contributed by atoms with van der Waals surface area (Å²) < 4.78 is 0. The Morgan fingerprint density at radius 1 is 1.33 bits per heavy atom. The summed E-state index contributed by atoms with van der Waals surface area (Å²) in [4.78, 5) is 2.38. The maximum Gasteiger partial charge on any atom is 0.104 e. The highest BCUT2D eigenvalue weighted by molar-refractivity contribution is 5.04. The normalized spacial score (nSPS) is 16.6. The quantitative estimate of drug-likeness (QED) is 0.686. The molecule has 0 aliphatic carbocycles. The van der Waals surface area contributed by atoms with E-state index in [0.29, 0.717) is 6.04 Å². The van der Waals surface area contributed by atoms with Gasteiger partial charge in [0.05, 0.1) is 6.07 Å². The highest BCUT2D eigenvalue weighted by atomic mass is 15.1. The lowest BCUT2D eigenvalue weighted by Crippen LogP contribution is -2.45. The monoisotopic (exact) mass is 253 g/mol. The van der Waals surface area contributed by atoms with Gasteiger partial charge in [0.15, 0.2) is 0 Å². The first kappa shape index (κ1) is 17.4. The van der Waals surface area contributed by atoms with Crippen LogP contribution in [0.15, 0.2) is 0 Å². The van der Waals surface area contributed by atoms with Gasteiger partial charge in [-0.1, -0.05) is 20.3 Å². The minimum absolute atomic E-state index is 0.354. The summed E-state index contributed by atoms with van der Waals surface area (Å²) >= 11 is 0. The lowest BCUT2D eigenvalue weighted by atomic mass is 9.96. The summed E-state index contributed by atoms with van der Waals surface area (Å²) in [6.07, 6.45) is 3.21. The molecule has 18 heavy (non-hydrogen) atoms. The molecule has 2 atom stereocenters. The minimum Gasteiger partial charge on any atom is -0.306 e. The summed E-state index contributed by atoms with van der Waals surface area (Å²) in [7, 11) is 2.17. The first-order valence-corrected chi connectivity index (χ1v) is 7.20. The Kier molecular flexibility index (Phi) is 8.22. The van der Waals surface area contributed by atoms with Gasteiger partial charge in [0, 0.05) is 12.6 Å². The zero-order chi connectivity index (χ0) is 14.2. The molecule has 0 aromatic rings. The number of rotatable bonds is 9. The van der Waals surface area contributed by atoms with Crippen LogP contribution in [-0.2, 0) is 0 Å². The number of hydrogen-bond donors (Lipinski definition) is 1. The maximum atomic E-state index is 9.26. The molecule has 0 saturated heterocycles. The van der Waals surface area contributed by atoms with Crippen LogP contribution < -0.4 is 5.32 Å². The summed E-state index contributed by atoms with van der Waals surface area (Å²) in [6.45, 7) is 12.9. The molecule has 3 nitrogen and oxygen atoms in total. The Balaban J connectivity index is 3.97. The van der Waals surface area contributed by atoms with Crippen LogP contribution in [0.4, 0.5) is 0 Å². The average molecular weight is 253 g/mol. The zero-order valence-electron chi connectivity index (χ0n) is 13.1. The van der Waals surface area contributed by atoms with Gasteiger partial charge < -0.3 is 4.90 Å². The molecule has 0 spiro atoms. The average Bonchev–Trinajstić information content (AvgIpc) is 2.27. The fourth-order valence-electron chi connectivity index (χ4n) is 2.25. The van der Waals surface area contributed by atoms with Crippen LogP contribution in [0.3, 0.4) is 0 Å². The predicted molar refractivity (Wildman–Crippen MR) is 78.5 cm³/mol. The first-order valence-electron chi connectivity index (χ1n) is 7.20. The molecule has 0 saturated carbocycles. The van der Waals surface area contributed by atoms with Crippen LogP contribution in [0.5, 0.6) is 0 Å². The molecule has 0 aromatic carbocycles. The lowest BCUT2D eigenvalue weighted by molar-refractivity contribution is 0.263. The van der Waals surface area contributed by atoms with E-state index in [-0.39, 0.29) is 5.54 Å². The Morgan fingerprint density at radius 2 is 1.94 bits per heavy atom. The molecular formula is C15H31N3. The Bertz CT molecular complexity index is 257. The largest absolute Gasteiger partial charge is 0.306 e. The van der Waals surface area contributed by atoms with E-state index in [1.165, 1.54) is 6.42 Å². The third kappa shape index (κ3) is 7.68. The van der Waals surface area contributed by atoms with Crippen molar-refractivity contribution in [2.45, 2.75) is 65.5 Å². The standard InChI is InChI=1S/C15H31N3/c1-7-14(4)11-18(6)10-8-9-15(5,12-16)17-13(2)3/h13-14,17H,7-11H2,1-6H3. The van der Waals surface area contributed by atoms with Crippen molar-refractivity contribution in [2.75, 3.05) is 20.1 Å². The fraction of sp³-hybridized carbons (Fsp3) is 0.933. The van der Waals surface area contributed by atoms with Gasteiger partial charge >= 0.3 is 0 Å². The molecule has 0 radical (unpaired) electrons. The molecule has 106 valence electrons. The predicted octanol–water partition coefficient (Wildman–Crippen LogP) is 3.02. The van der Waals surface area contributed by atoms with Gasteiger partial charge in [-0.25, -0.2) is 0 Å². The van der Waals surface area contributed by atoms with E-state index in [2.05, 4.69) is 51.0 Å². The smallest absolute Gasteiger partial charge is 0.104 e. The van der Waals surface area contributed by atoms with Gasteiger partial charge in [0.1, 0.15) is 5.54 Å². The van der Waals surface area contributed by atoms with Crippen molar-refractivity contribution in [1.82, 2.24) is 10.2 Å². The zero-order valence-corrected chi connectivity index (χ0v) is 13.1. The van der Waals surface area contributed by atoms with Gasteiger partial charge in [-0.15, -0.1) is 0 Å². The van der Waals surface area contributed by atoms with Crippen LogP contribution in [0.25, 0.3) is 0 Å². The molecule has 0 rings (SSSR count). The minimum atomic E-state index is -0.384. The van der Waals surface area contributed by atoms with E-state index < -0.39 is 0 Å². The van der Waals surface area contributed by atoms with E-state index in [0.717, 1.165) is 31.8 Å².